The molecule has 1 aliphatic heterocycles. The van der Waals surface area contributed by atoms with Crippen molar-refractivity contribution in [2.75, 3.05) is 18.8 Å². The van der Waals surface area contributed by atoms with Gasteiger partial charge in [0.15, 0.2) is 6.17 Å². The first-order chi connectivity index (χ1) is 14.5. The quantitative estimate of drug-likeness (QED) is 0.685. The van der Waals surface area contributed by atoms with Gasteiger partial charge in [-0.3, -0.25) is 14.6 Å². The molecule has 3 heterocycles. The highest BCUT2D eigenvalue weighted by molar-refractivity contribution is 5.92. The maximum Gasteiger partial charge on any atom is 0.271 e. The number of aromatic nitrogens is 5. The molecule has 0 radical (unpaired) electrons. The van der Waals surface area contributed by atoms with Crippen LogP contribution in [0.25, 0.3) is 0 Å². The van der Waals surface area contributed by atoms with Crippen LogP contribution >= 0.6 is 0 Å². The Morgan fingerprint density at radius 1 is 1.27 bits per heavy atom. The zero-order chi connectivity index (χ0) is 21.1. The predicted octanol–water partition coefficient (Wildman–Crippen LogP) is 0.882. The average Bonchev–Trinajstić information content (AvgIpc) is 3.37. The number of likely N-dealkylation sites (tertiary alicyclic amines) is 1. The van der Waals surface area contributed by atoms with Crippen LogP contribution in [0.4, 0.5) is 10.2 Å². The Balaban J connectivity index is 1.23. The molecular weight excluding hydrogens is 391 g/mol. The Kier molecular flexibility index (Phi) is 5.86. The van der Waals surface area contributed by atoms with Crippen LogP contribution in [-0.4, -0.2) is 60.9 Å². The van der Waals surface area contributed by atoms with Gasteiger partial charge in [0.1, 0.15) is 17.2 Å². The van der Waals surface area contributed by atoms with Crippen LogP contribution in [0.15, 0.2) is 18.6 Å². The van der Waals surface area contributed by atoms with E-state index in [2.05, 4.69) is 25.6 Å². The molecule has 160 valence electrons. The van der Waals surface area contributed by atoms with Gasteiger partial charge >= 0.3 is 0 Å². The van der Waals surface area contributed by atoms with Crippen molar-refractivity contribution in [3.63, 3.8) is 0 Å². The molecule has 2 aromatic rings. The second-order valence-electron chi connectivity index (χ2n) is 7.95. The monoisotopic (exact) mass is 416 g/mol. The van der Waals surface area contributed by atoms with Gasteiger partial charge in [0, 0.05) is 13.1 Å². The minimum absolute atomic E-state index is 0.0376. The van der Waals surface area contributed by atoms with Gasteiger partial charge in [-0.1, -0.05) is 30.9 Å². The molecule has 10 nitrogen and oxygen atoms in total. The fraction of sp³-hybridized carbons (Fsp3) is 0.579. The summed E-state index contributed by atoms with van der Waals surface area (Å²) in [7, 11) is 0. The van der Waals surface area contributed by atoms with Gasteiger partial charge in [-0.15, -0.1) is 5.10 Å². The smallest absolute Gasteiger partial charge is 0.271 e. The molecule has 11 heteroatoms. The molecular formula is C19H25FN8O2. The number of carbonyl (C=O) groups excluding carboxylic acids is 2. The van der Waals surface area contributed by atoms with E-state index in [0.717, 1.165) is 25.7 Å². The highest BCUT2D eigenvalue weighted by atomic mass is 19.1. The summed E-state index contributed by atoms with van der Waals surface area (Å²) in [6, 6.07) is -0.0376. The Labute approximate surface area is 173 Å². The molecule has 0 spiro atoms. The Morgan fingerprint density at radius 3 is 2.77 bits per heavy atom. The number of nitrogens with one attached hydrogen (secondary N) is 1. The fourth-order valence-electron chi connectivity index (χ4n) is 3.96. The molecule has 4 rings (SSSR count). The molecule has 1 unspecified atom stereocenters. The second kappa shape index (κ2) is 8.72. The minimum Gasteiger partial charge on any atom is -0.382 e. The summed E-state index contributed by atoms with van der Waals surface area (Å²) < 4.78 is 16.0. The molecule has 1 saturated heterocycles. The lowest BCUT2D eigenvalue weighted by molar-refractivity contribution is -0.143. The van der Waals surface area contributed by atoms with E-state index in [4.69, 9.17) is 5.73 Å². The van der Waals surface area contributed by atoms with Gasteiger partial charge in [-0.2, -0.15) is 0 Å². The first kappa shape index (κ1) is 20.2. The largest absolute Gasteiger partial charge is 0.382 e. The number of amides is 2. The van der Waals surface area contributed by atoms with Crippen LogP contribution in [0.2, 0.25) is 0 Å². The number of alkyl halides is 1. The summed E-state index contributed by atoms with van der Waals surface area (Å²) in [5.74, 6) is -0.334. The van der Waals surface area contributed by atoms with Crippen molar-refractivity contribution >= 4 is 17.6 Å². The van der Waals surface area contributed by atoms with Crippen LogP contribution in [0, 0.1) is 5.92 Å². The van der Waals surface area contributed by atoms with E-state index < -0.39 is 18.0 Å². The third-order valence-electron chi connectivity index (χ3n) is 5.70. The van der Waals surface area contributed by atoms with Gasteiger partial charge in [-0.25, -0.2) is 14.1 Å². The van der Waals surface area contributed by atoms with Crippen LogP contribution in [-0.2, 0) is 11.3 Å². The van der Waals surface area contributed by atoms with E-state index in [-0.39, 0.29) is 24.1 Å². The molecule has 1 aliphatic carbocycles. The zero-order valence-electron chi connectivity index (χ0n) is 16.6. The number of hydrogen-bond acceptors (Lipinski definition) is 7. The van der Waals surface area contributed by atoms with Crippen LogP contribution in [0.5, 0.6) is 0 Å². The van der Waals surface area contributed by atoms with E-state index in [1.165, 1.54) is 17.3 Å². The number of nitrogens with two attached hydrogens (primary N) is 1. The number of carbonyl (C=O) groups is 2. The molecule has 1 atom stereocenters. The SMILES string of the molecule is Nc1cncc(C(=O)NCc2cn(C3CN(C(=O)C(F)CC4CCCC4)C3)nn2)n1. The molecule has 2 aliphatic rings. The molecule has 0 aromatic carbocycles. The summed E-state index contributed by atoms with van der Waals surface area (Å²) in [4.78, 5) is 33.6. The number of halogens is 1. The molecule has 2 amide bonds. The first-order valence-electron chi connectivity index (χ1n) is 10.2. The Morgan fingerprint density at radius 2 is 2.03 bits per heavy atom. The van der Waals surface area contributed by atoms with Crippen molar-refractivity contribution in [1.29, 1.82) is 0 Å². The maximum atomic E-state index is 14.3. The fourth-order valence-corrected chi connectivity index (χ4v) is 3.96. The lowest BCUT2D eigenvalue weighted by Crippen LogP contribution is -2.53. The lowest BCUT2D eigenvalue weighted by Gasteiger charge is -2.39. The molecule has 30 heavy (non-hydrogen) atoms. The zero-order valence-corrected chi connectivity index (χ0v) is 16.6. The summed E-state index contributed by atoms with van der Waals surface area (Å²) >= 11 is 0. The Bertz CT molecular complexity index is 907. The highest BCUT2D eigenvalue weighted by Gasteiger charge is 2.37. The van der Waals surface area contributed by atoms with E-state index in [9.17, 15) is 14.0 Å². The number of nitrogen functional groups attached to an aromatic ring is 1. The van der Waals surface area contributed by atoms with Crippen molar-refractivity contribution in [3.8, 4) is 0 Å². The first-order valence-corrected chi connectivity index (χ1v) is 10.2. The molecule has 1 saturated carbocycles. The number of hydrogen-bond donors (Lipinski definition) is 2. The minimum atomic E-state index is -1.41. The van der Waals surface area contributed by atoms with Gasteiger partial charge in [0.2, 0.25) is 0 Å². The third-order valence-corrected chi connectivity index (χ3v) is 5.70. The summed E-state index contributed by atoms with van der Waals surface area (Å²) in [5.41, 5.74) is 6.21. The van der Waals surface area contributed by atoms with Crippen molar-refractivity contribution < 1.29 is 14.0 Å². The molecule has 2 fully saturated rings. The molecule has 0 bridgehead atoms. The van der Waals surface area contributed by atoms with E-state index in [0.29, 0.717) is 31.1 Å². The lowest BCUT2D eigenvalue weighted by atomic mass is 9.99. The normalized spacial score (nSPS) is 18.2. The maximum absolute atomic E-state index is 14.3. The standard InChI is InChI=1S/C19H25FN8O2/c20-15(5-12-3-1-2-4-12)19(30)27-10-14(11-27)28-9-13(25-26-28)6-23-18(29)16-7-22-8-17(21)24-16/h7-9,12,14-15H,1-6,10-11H2,(H2,21,24)(H,23,29). The van der Waals surface area contributed by atoms with Gasteiger partial charge in [-0.05, 0) is 12.3 Å². The second-order valence-corrected chi connectivity index (χ2v) is 7.95. The Hall–Kier alpha value is -3.11. The average molecular weight is 416 g/mol. The third kappa shape index (κ3) is 4.55. The van der Waals surface area contributed by atoms with Gasteiger partial charge in [0.05, 0.1) is 31.2 Å². The molecule has 3 N–H and O–H groups in total. The summed E-state index contributed by atoms with van der Waals surface area (Å²) in [5, 5.41) is 10.8. The van der Waals surface area contributed by atoms with E-state index in [1.807, 2.05) is 0 Å². The van der Waals surface area contributed by atoms with E-state index >= 15 is 0 Å². The topological polar surface area (TPSA) is 132 Å². The predicted molar refractivity (Wildman–Crippen MR) is 105 cm³/mol. The van der Waals surface area contributed by atoms with Gasteiger partial charge < -0.3 is 16.0 Å². The van der Waals surface area contributed by atoms with Crippen molar-refractivity contribution in [3.05, 3.63) is 30.0 Å². The number of rotatable bonds is 7. The van der Waals surface area contributed by atoms with Crippen molar-refractivity contribution in [2.45, 2.75) is 50.9 Å². The van der Waals surface area contributed by atoms with Crippen molar-refractivity contribution in [2.24, 2.45) is 5.92 Å². The number of nitrogens with zero attached hydrogens (tertiary/aromatic N) is 6. The summed E-state index contributed by atoms with van der Waals surface area (Å²) in [6.07, 6.45) is 7.65. The van der Waals surface area contributed by atoms with Crippen LogP contribution in [0.3, 0.4) is 0 Å². The van der Waals surface area contributed by atoms with Crippen LogP contribution in [0.1, 0.15) is 54.3 Å². The van der Waals surface area contributed by atoms with Crippen LogP contribution < -0.4 is 11.1 Å². The van der Waals surface area contributed by atoms with Crippen molar-refractivity contribution in [1.82, 2.24) is 35.2 Å². The summed E-state index contributed by atoms with van der Waals surface area (Å²) in [6.45, 7) is 0.995. The highest BCUT2D eigenvalue weighted by Crippen LogP contribution is 2.31. The van der Waals surface area contributed by atoms with E-state index in [1.54, 1.807) is 10.9 Å². The number of anilines is 1. The van der Waals surface area contributed by atoms with Gasteiger partial charge in [0.25, 0.3) is 11.8 Å². The molecule has 2 aromatic heterocycles.